The van der Waals surface area contributed by atoms with Gasteiger partial charge in [-0.25, -0.2) is 8.78 Å². The summed E-state index contributed by atoms with van der Waals surface area (Å²) in [6, 6.07) is 1.11. The topological polar surface area (TPSA) is 82.0 Å². The number of nitro groups is 1. The minimum Gasteiger partial charge on any atom is -0.358 e. The molecule has 0 aromatic carbocycles. The Morgan fingerprint density at radius 2 is 2.27 bits per heavy atom. The van der Waals surface area contributed by atoms with Crippen LogP contribution in [0.2, 0.25) is 0 Å². The van der Waals surface area contributed by atoms with Crippen molar-refractivity contribution in [3.8, 4) is 0 Å². The van der Waals surface area contributed by atoms with Gasteiger partial charge in [-0.2, -0.15) is 0 Å². The first-order chi connectivity index (χ1) is 6.97. The number of aromatic nitrogens is 1. The molecule has 0 saturated heterocycles. The van der Waals surface area contributed by atoms with Crippen LogP contribution in [-0.2, 0) is 6.54 Å². The van der Waals surface area contributed by atoms with Crippen molar-refractivity contribution in [2.45, 2.75) is 19.9 Å². The molecule has 1 aromatic heterocycles. The van der Waals surface area contributed by atoms with E-state index in [0.717, 1.165) is 6.07 Å². The normalized spacial score (nSPS) is 10.7. The fraction of sp³-hybridized carbons (Fsp3) is 0.375. The van der Waals surface area contributed by atoms with Crippen molar-refractivity contribution < 1.29 is 13.7 Å². The maximum Gasteiger partial charge on any atom is 0.368 e. The van der Waals surface area contributed by atoms with Gasteiger partial charge in [0.25, 0.3) is 6.43 Å². The second kappa shape index (κ2) is 4.26. The Balaban J connectivity index is 3.45. The van der Waals surface area contributed by atoms with Gasteiger partial charge in [0, 0.05) is 19.0 Å². The molecule has 0 amide bonds. The summed E-state index contributed by atoms with van der Waals surface area (Å²) in [4.78, 5) is 13.3. The summed E-state index contributed by atoms with van der Waals surface area (Å²) >= 11 is 0. The van der Waals surface area contributed by atoms with Gasteiger partial charge in [0.2, 0.25) is 0 Å². The SMILES string of the molecule is Cc1cc(C(F)F)c(CN)c([N+](=O)[O-])n1. The van der Waals surface area contributed by atoms with Crippen LogP contribution in [0, 0.1) is 17.0 Å². The van der Waals surface area contributed by atoms with Gasteiger partial charge in [-0.05, 0) is 16.0 Å². The number of pyridine rings is 1. The summed E-state index contributed by atoms with van der Waals surface area (Å²) in [5.41, 5.74) is 4.75. The van der Waals surface area contributed by atoms with Crippen LogP contribution in [0.1, 0.15) is 23.2 Å². The summed E-state index contributed by atoms with van der Waals surface area (Å²) < 4.78 is 25.1. The molecule has 0 saturated carbocycles. The molecule has 0 bridgehead atoms. The van der Waals surface area contributed by atoms with E-state index in [2.05, 4.69) is 4.98 Å². The van der Waals surface area contributed by atoms with E-state index in [9.17, 15) is 18.9 Å². The molecule has 0 aliphatic heterocycles. The lowest BCUT2D eigenvalue weighted by molar-refractivity contribution is -0.390. The van der Waals surface area contributed by atoms with E-state index in [0.29, 0.717) is 0 Å². The highest BCUT2D eigenvalue weighted by Crippen LogP contribution is 2.28. The number of hydrogen-bond donors (Lipinski definition) is 1. The lowest BCUT2D eigenvalue weighted by atomic mass is 10.1. The zero-order valence-corrected chi connectivity index (χ0v) is 7.91. The fourth-order valence-corrected chi connectivity index (χ4v) is 1.26. The quantitative estimate of drug-likeness (QED) is 0.617. The second-order valence-corrected chi connectivity index (χ2v) is 2.92. The Bertz CT molecular complexity index is 396. The Hall–Kier alpha value is -1.63. The maximum atomic E-state index is 12.5. The first-order valence-corrected chi connectivity index (χ1v) is 4.10. The molecule has 7 heteroatoms. The standard InChI is InChI=1S/C8H9F2N3O2/c1-4-2-5(7(9)10)6(3-11)8(12-4)13(14)15/h2,7H,3,11H2,1H3. The van der Waals surface area contributed by atoms with Gasteiger partial charge in [-0.15, -0.1) is 0 Å². The van der Waals surface area contributed by atoms with Crippen LogP contribution < -0.4 is 5.73 Å². The predicted molar refractivity (Wildman–Crippen MR) is 48.5 cm³/mol. The van der Waals surface area contributed by atoms with Crippen molar-refractivity contribution in [3.05, 3.63) is 33.0 Å². The van der Waals surface area contributed by atoms with Gasteiger partial charge < -0.3 is 15.8 Å². The van der Waals surface area contributed by atoms with Gasteiger partial charge in [0.1, 0.15) is 0 Å². The van der Waals surface area contributed by atoms with E-state index < -0.39 is 22.7 Å². The molecule has 0 aliphatic rings. The summed E-state index contributed by atoms with van der Waals surface area (Å²) in [6.45, 7) is 1.09. The molecule has 0 atom stereocenters. The highest BCUT2D eigenvalue weighted by atomic mass is 19.3. The smallest absolute Gasteiger partial charge is 0.358 e. The molecule has 1 heterocycles. The number of rotatable bonds is 3. The number of aryl methyl sites for hydroxylation is 1. The zero-order valence-electron chi connectivity index (χ0n) is 7.91. The summed E-state index contributed by atoms with van der Waals surface area (Å²) in [7, 11) is 0. The van der Waals surface area contributed by atoms with Crippen molar-refractivity contribution in [3.63, 3.8) is 0 Å². The van der Waals surface area contributed by atoms with Crippen LogP contribution in [0.5, 0.6) is 0 Å². The van der Waals surface area contributed by atoms with E-state index in [-0.39, 0.29) is 17.8 Å². The molecule has 1 rings (SSSR count). The molecule has 0 fully saturated rings. The minimum atomic E-state index is -2.79. The highest BCUT2D eigenvalue weighted by molar-refractivity contribution is 5.41. The Morgan fingerprint density at radius 1 is 1.67 bits per heavy atom. The van der Waals surface area contributed by atoms with Gasteiger partial charge in [-0.3, -0.25) is 0 Å². The van der Waals surface area contributed by atoms with Gasteiger partial charge in [-0.1, -0.05) is 0 Å². The summed E-state index contributed by atoms with van der Waals surface area (Å²) in [5, 5.41) is 10.6. The van der Waals surface area contributed by atoms with Crippen molar-refractivity contribution >= 4 is 5.82 Å². The highest BCUT2D eigenvalue weighted by Gasteiger charge is 2.24. The van der Waals surface area contributed by atoms with E-state index in [4.69, 9.17) is 5.73 Å². The van der Waals surface area contributed by atoms with E-state index in [1.165, 1.54) is 6.92 Å². The molecule has 15 heavy (non-hydrogen) atoms. The average Bonchev–Trinajstić information content (AvgIpc) is 2.16. The first-order valence-electron chi connectivity index (χ1n) is 4.10. The van der Waals surface area contributed by atoms with Crippen molar-refractivity contribution in [1.82, 2.24) is 4.98 Å². The number of alkyl halides is 2. The fourth-order valence-electron chi connectivity index (χ4n) is 1.26. The molecule has 1 aromatic rings. The van der Waals surface area contributed by atoms with Crippen LogP contribution in [-0.4, -0.2) is 9.91 Å². The molecule has 2 N–H and O–H groups in total. The van der Waals surface area contributed by atoms with Crippen molar-refractivity contribution in [1.29, 1.82) is 0 Å². The Kier molecular flexibility index (Phi) is 3.25. The maximum absolute atomic E-state index is 12.5. The van der Waals surface area contributed by atoms with Crippen LogP contribution >= 0.6 is 0 Å². The Morgan fingerprint density at radius 3 is 2.67 bits per heavy atom. The predicted octanol–water partition coefficient (Wildman–Crippen LogP) is 1.69. The zero-order chi connectivity index (χ0) is 11.6. The number of hydrogen-bond acceptors (Lipinski definition) is 4. The molecule has 0 unspecified atom stereocenters. The number of nitrogens with two attached hydrogens (primary N) is 1. The van der Waals surface area contributed by atoms with Gasteiger partial charge in [0.05, 0.1) is 5.56 Å². The number of nitrogens with zero attached hydrogens (tertiary/aromatic N) is 2. The summed E-state index contributed by atoms with van der Waals surface area (Å²) in [6.07, 6.45) is -2.79. The average molecular weight is 217 g/mol. The van der Waals surface area contributed by atoms with E-state index in [1.54, 1.807) is 0 Å². The minimum absolute atomic E-state index is 0.175. The molecule has 5 nitrogen and oxygen atoms in total. The monoisotopic (exact) mass is 217 g/mol. The third-order valence-electron chi connectivity index (χ3n) is 1.88. The lowest BCUT2D eigenvalue weighted by Gasteiger charge is -2.06. The molecular formula is C8H9F2N3O2. The van der Waals surface area contributed by atoms with E-state index >= 15 is 0 Å². The third kappa shape index (κ3) is 2.24. The van der Waals surface area contributed by atoms with Crippen LogP contribution in [0.15, 0.2) is 6.07 Å². The summed E-state index contributed by atoms with van der Waals surface area (Å²) in [5.74, 6) is -0.590. The lowest BCUT2D eigenvalue weighted by Crippen LogP contribution is -2.09. The third-order valence-corrected chi connectivity index (χ3v) is 1.88. The molecule has 0 spiro atoms. The first kappa shape index (κ1) is 11.4. The van der Waals surface area contributed by atoms with Gasteiger partial charge >= 0.3 is 5.82 Å². The van der Waals surface area contributed by atoms with Crippen molar-refractivity contribution in [2.75, 3.05) is 0 Å². The van der Waals surface area contributed by atoms with Crippen molar-refractivity contribution in [2.24, 2.45) is 5.73 Å². The van der Waals surface area contributed by atoms with E-state index in [1.807, 2.05) is 0 Å². The number of halogens is 2. The molecule has 0 radical (unpaired) electrons. The van der Waals surface area contributed by atoms with Gasteiger partial charge in [0.15, 0.2) is 5.69 Å². The Labute approximate surface area is 84.1 Å². The largest absolute Gasteiger partial charge is 0.368 e. The van der Waals surface area contributed by atoms with Crippen LogP contribution in [0.3, 0.4) is 0 Å². The second-order valence-electron chi connectivity index (χ2n) is 2.92. The molecular weight excluding hydrogens is 208 g/mol. The molecule has 0 aliphatic carbocycles. The van der Waals surface area contributed by atoms with Crippen LogP contribution in [0.4, 0.5) is 14.6 Å². The molecule has 82 valence electrons. The van der Waals surface area contributed by atoms with Crippen LogP contribution in [0.25, 0.3) is 0 Å².